The van der Waals surface area contributed by atoms with E-state index < -0.39 is 12.0 Å². The van der Waals surface area contributed by atoms with Gasteiger partial charge in [0.2, 0.25) is 5.91 Å². The van der Waals surface area contributed by atoms with Gasteiger partial charge in [0, 0.05) is 40.0 Å². The molecular formula is C18H16ClN3O2. The third-order valence-corrected chi connectivity index (χ3v) is 4.10. The van der Waals surface area contributed by atoms with E-state index >= 15 is 0 Å². The van der Waals surface area contributed by atoms with Crippen molar-refractivity contribution in [2.75, 3.05) is 0 Å². The van der Waals surface area contributed by atoms with E-state index in [1.54, 1.807) is 37.5 Å². The lowest BCUT2D eigenvalue weighted by Gasteiger charge is -2.09. The number of carbonyl (C=O) groups is 1. The number of hydrogen-bond donors (Lipinski definition) is 3. The number of aromatic amines is 1. The second-order valence-corrected chi connectivity index (χ2v) is 5.92. The normalized spacial score (nSPS) is 12.8. The summed E-state index contributed by atoms with van der Waals surface area (Å²) in [6.45, 7) is 1.67. The van der Waals surface area contributed by atoms with Crippen LogP contribution in [-0.2, 0) is 4.79 Å². The quantitative estimate of drug-likeness (QED) is 0.635. The van der Waals surface area contributed by atoms with E-state index in [9.17, 15) is 9.90 Å². The Morgan fingerprint density at radius 1 is 1.38 bits per heavy atom. The Balaban J connectivity index is 2.06. The van der Waals surface area contributed by atoms with Crippen molar-refractivity contribution in [1.29, 1.82) is 0 Å². The Labute approximate surface area is 143 Å². The van der Waals surface area contributed by atoms with Crippen LogP contribution in [0.5, 0.6) is 0 Å². The molecule has 24 heavy (non-hydrogen) atoms. The van der Waals surface area contributed by atoms with Gasteiger partial charge in [-0.05, 0) is 36.3 Å². The SMILES string of the molecule is C[C@H](O)c1ccc(-c2cnc3[nH]cc(C=CC(N)=O)c3c2)cc1Cl. The van der Waals surface area contributed by atoms with Gasteiger partial charge in [0.15, 0.2) is 0 Å². The third-order valence-electron chi connectivity index (χ3n) is 3.77. The standard InChI is InChI=1S/C18H16ClN3O2/c1-10(23)14-4-2-11(7-16(14)19)13-6-15-12(3-5-17(20)24)8-21-18(15)22-9-13/h2-10,23H,1H3,(H2,20,24)(H,21,22)/t10-/m0/s1. The van der Waals surface area contributed by atoms with Crippen molar-refractivity contribution >= 4 is 34.6 Å². The fraction of sp³-hybridized carbons (Fsp3) is 0.111. The number of amides is 1. The number of benzene rings is 1. The molecule has 0 aliphatic rings. The molecule has 0 spiro atoms. The molecule has 1 atom stereocenters. The van der Waals surface area contributed by atoms with E-state index in [1.807, 2.05) is 12.1 Å². The topological polar surface area (TPSA) is 92.0 Å². The first-order valence-electron chi connectivity index (χ1n) is 7.38. The molecule has 0 radical (unpaired) electrons. The lowest BCUT2D eigenvalue weighted by molar-refractivity contribution is -0.113. The van der Waals surface area contributed by atoms with Crippen molar-refractivity contribution in [3.63, 3.8) is 0 Å². The first kappa shape index (κ1) is 16.2. The molecule has 3 rings (SSSR count). The molecule has 4 N–H and O–H groups in total. The molecule has 122 valence electrons. The highest BCUT2D eigenvalue weighted by Gasteiger charge is 2.10. The number of nitrogens with zero attached hydrogens (tertiary/aromatic N) is 1. The van der Waals surface area contributed by atoms with Crippen LogP contribution in [0.3, 0.4) is 0 Å². The number of fused-ring (bicyclic) bond motifs is 1. The minimum absolute atomic E-state index is 0.505. The molecule has 5 nitrogen and oxygen atoms in total. The van der Waals surface area contributed by atoms with Gasteiger partial charge in [-0.15, -0.1) is 0 Å². The number of halogens is 1. The number of aromatic nitrogens is 2. The molecule has 2 aromatic heterocycles. The van der Waals surface area contributed by atoms with Crippen LogP contribution in [0.15, 0.2) is 42.7 Å². The largest absolute Gasteiger partial charge is 0.389 e. The summed E-state index contributed by atoms with van der Waals surface area (Å²) in [7, 11) is 0. The van der Waals surface area contributed by atoms with Crippen molar-refractivity contribution < 1.29 is 9.90 Å². The number of aliphatic hydroxyl groups is 1. The minimum Gasteiger partial charge on any atom is -0.389 e. The average molecular weight is 342 g/mol. The highest BCUT2D eigenvalue weighted by molar-refractivity contribution is 6.31. The van der Waals surface area contributed by atoms with Gasteiger partial charge < -0.3 is 15.8 Å². The number of pyridine rings is 1. The maximum Gasteiger partial charge on any atom is 0.241 e. The average Bonchev–Trinajstić information content (AvgIpc) is 2.94. The van der Waals surface area contributed by atoms with Crippen LogP contribution < -0.4 is 5.73 Å². The molecule has 2 heterocycles. The van der Waals surface area contributed by atoms with Gasteiger partial charge in [0.05, 0.1) is 6.10 Å². The summed E-state index contributed by atoms with van der Waals surface area (Å²) < 4.78 is 0. The summed E-state index contributed by atoms with van der Waals surface area (Å²) in [5.41, 5.74) is 9.14. The predicted octanol–water partition coefficient (Wildman–Crippen LogP) is 3.44. The number of carbonyl (C=O) groups excluding carboxylic acids is 1. The van der Waals surface area contributed by atoms with Crippen LogP contribution in [0.4, 0.5) is 0 Å². The summed E-state index contributed by atoms with van der Waals surface area (Å²) >= 11 is 6.24. The highest BCUT2D eigenvalue weighted by atomic mass is 35.5. The third kappa shape index (κ3) is 3.18. The van der Waals surface area contributed by atoms with E-state index in [4.69, 9.17) is 17.3 Å². The van der Waals surface area contributed by atoms with Crippen LogP contribution in [0.25, 0.3) is 28.2 Å². The second kappa shape index (κ2) is 6.47. The van der Waals surface area contributed by atoms with E-state index in [-0.39, 0.29) is 0 Å². The molecule has 1 amide bonds. The van der Waals surface area contributed by atoms with Crippen molar-refractivity contribution in [2.24, 2.45) is 5.73 Å². The lowest BCUT2D eigenvalue weighted by Crippen LogP contribution is -2.04. The van der Waals surface area contributed by atoms with Crippen LogP contribution in [0.1, 0.15) is 24.2 Å². The molecule has 1 aromatic carbocycles. The van der Waals surface area contributed by atoms with Gasteiger partial charge in [-0.2, -0.15) is 0 Å². The van der Waals surface area contributed by atoms with E-state index in [1.165, 1.54) is 6.08 Å². The smallest absolute Gasteiger partial charge is 0.241 e. The maximum atomic E-state index is 10.9. The number of H-pyrrole nitrogens is 1. The number of rotatable bonds is 4. The lowest BCUT2D eigenvalue weighted by atomic mass is 10.0. The summed E-state index contributed by atoms with van der Waals surface area (Å²) in [6.07, 6.45) is 5.85. The minimum atomic E-state index is -0.623. The Morgan fingerprint density at radius 2 is 2.17 bits per heavy atom. The van der Waals surface area contributed by atoms with Crippen LogP contribution in [-0.4, -0.2) is 21.0 Å². The van der Waals surface area contributed by atoms with Gasteiger partial charge >= 0.3 is 0 Å². The van der Waals surface area contributed by atoms with E-state index in [0.717, 1.165) is 27.7 Å². The Hall–Kier alpha value is -2.63. The maximum absolute atomic E-state index is 10.9. The van der Waals surface area contributed by atoms with Crippen LogP contribution in [0, 0.1) is 0 Å². The van der Waals surface area contributed by atoms with Crippen molar-refractivity contribution in [3.05, 3.63) is 58.9 Å². The van der Waals surface area contributed by atoms with Crippen LogP contribution in [0.2, 0.25) is 5.02 Å². The first-order valence-corrected chi connectivity index (χ1v) is 7.76. The number of aliphatic hydroxyl groups excluding tert-OH is 1. The monoisotopic (exact) mass is 341 g/mol. The van der Waals surface area contributed by atoms with Gasteiger partial charge in [-0.1, -0.05) is 23.7 Å². The number of primary amides is 1. The van der Waals surface area contributed by atoms with Gasteiger partial charge in [-0.3, -0.25) is 4.79 Å². The number of nitrogens with one attached hydrogen (secondary N) is 1. The van der Waals surface area contributed by atoms with Crippen molar-refractivity contribution in [2.45, 2.75) is 13.0 Å². The molecule has 6 heteroatoms. The Kier molecular flexibility index (Phi) is 4.38. The molecule has 0 saturated heterocycles. The van der Waals surface area contributed by atoms with E-state index in [0.29, 0.717) is 10.6 Å². The number of nitrogens with two attached hydrogens (primary N) is 1. The van der Waals surface area contributed by atoms with Crippen LogP contribution >= 0.6 is 11.6 Å². The zero-order chi connectivity index (χ0) is 17.3. The fourth-order valence-corrected chi connectivity index (χ4v) is 2.88. The Morgan fingerprint density at radius 3 is 2.83 bits per heavy atom. The predicted molar refractivity (Wildman–Crippen MR) is 95.4 cm³/mol. The summed E-state index contributed by atoms with van der Waals surface area (Å²) in [4.78, 5) is 18.4. The molecular weight excluding hydrogens is 326 g/mol. The zero-order valence-electron chi connectivity index (χ0n) is 13.0. The van der Waals surface area contributed by atoms with Gasteiger partial charge in [0.1, 0.15) is 5.65 Å². The molecule has 0 saturated carbocycles. The zero-order valence-corrected chi connectivity index (χ0v) is 13.7. The molecule has 3 aromatic rings. The van der Waals surface area contributed by atoms with Crippen molar-refractivity contribution in [1.82, 2.24) is 9.97 Å². The van der Waals surface area contributed by atoms with Crippen molar-refractivity contribution in [3.8, 4) is 11.1 Å². The van der Waals surface area contributed by atoms with E-state index in [2.05, 4.69) is 9.97 Å². The van der Waals surface area contributed by atoms with Gasteiger partial charge in [-0.25, -0.2) is 4.98 Å². The fourth-order valence-electron chi connectivity index (χ4n) is 2.54. The summed E-state index contributed by atoms with van der Waals surface area (Å²) in [5.74, 6) is -0.506. The number of hydrogen-bond acceptors (Lipinski definition) is 3. The molecule has 0 bridgehead atoms. The molecule has 0 aliphatic heterocycles. The molecule has 0 aliphatic carbocycles. The first-order chi connectivity index (χ1) is 11.5. The Bertz CT molecular complexity index is 945. The highest BCUT2D eigenvalue weighted by Crippen LogP contribution is 2.30. The molecule has 0 unspecified atom stereocenters. The second-order valence-electron chi connectivity index (χ2n) is 5.51. The van der Waals surface area contributed by atoms with Gasteiger partial charge in [0.25, 0.3) is 0 Å². The molecule has 0 fully saturated rings. The summed E-state index contributed by atoms with van der Waals surface area (Å²) in [5, 5.41) is 11.1. The summed E-state index contributed by atoms with van der Waals surface area (Å²) in [6, 6.07) is 7.46.